The number of hydrogen-bond donors (Lipinski definition) is 0. The molecule has 1 amide bonds. The number of benzene rings is 2. The van der Waals surface area contributed by atoms with Crippen molar-refractivity contribution in [2.75, 3.05) is 31.1 Å². The largest absolute Gasteiger partial charge is 0.352 e. The van der Waals surface area contributed by atoms with Gasteiger partial charge in [0.05, 0.1) is 15.4 Å². The monoisotopic (exact) mass is 510 g/mol. The lowest BCUT2D eigenvalue weighted by Gasteiger charge is -2.36. The maximum absolute atomic E-state index is 13.0. The van der Waals surface area contributed by atoms with Crippen molar-refractivity contribution in [2.24, 2.45) is 0 Å². The predicted octanol–water partition coefficient (Wildman–Crippen LogP) is 6.17. The van der Waals surface area contributed by atoms with Gasteiger partial charge in [0.2, 0.25) is 0 Å². The Morgan fingerprint density at radius 1 is 0.971 bits per heavy atom. The first kappa shape index (κ1) is 23.1. The van der Waals surface area contributed by atoms with Crippen molar-refractivity contribution < 1.29 is 4.79 Å². The van der Waals surface area contributed by atoms with E-state index in [1.165, 1.54) is 16.0 Å². The Labute approximate surface area is 213 Å². The van der Waals surface area contributed by atoms with Gasteiger partial charge in [0.15, 0.2) is 0 Å². The van der Waals surface area contributed by atoms with Crippen molar-refractivity contribution in [3.05, 3.63) is 86.0 Å². The third-order valence-corrected chi connectivity index (χ3v) is 8.13. The van der Waals surface area contributed by atoms with E-state index in [9.17, 15) is 4.79 Å². The number of fused-ring (bicyclic) bond motifs is 1. The fourth-order valence-electron chi connectivity index (χ4n) is 4.29. The Morgan fingerprint density at radius 3 is 2.41 bits per heavy atom. The second-order valence-electron chi connectivity index (χ2n) is 8.50. The molecule has 0 atom stereocenters. The summed E-state index contributed by atoms with van der Waals surface area (Å²) >= 11 is 13.9. The number of nitrogens with zero attached hydrogens (tertiary/aromatic N) is 4. The van der Waals surface area contributed by atoms with Gasteiger partial charge in [0.1, 0.15) is 16.5 Å². The van der Waals surface area contributed by atoms with E-state index in [0.29, 0.717) is 48.2 Å². The molecule has 34 heavy (non-hydrogen) atoms. The topological polar surface area (TPSA) is 49.3 Å². The molecule has 0 aliphatic carbocycles. The summed E-state index contributed by atoms with van der Waals surface area (Å²) in [6.45, 7) is 6.91. The number of amides is 1. The Bertz CT molecular complexity index is 1360. The van der Waals surface area contributed by atoms with E-state index < -0.39 is 0 Å². The van der Waals surface area contributed by atoms with E-state index in [-0.39, 0.29) is 5.91 Å². The number of thiophene rings is 1. The van der Waals surface area contributed by atoms with Crippen LogP contribution in [0.15, 0.2) is 48.5 Å². The summed E-state index contributed by atoms with van der Waals surface area (Å²) in [4.78, 5) is 29.4. The molecule has 1 aliphatic rings. The molecule has 1 saturated heterocycles. The van der Waals surface area contributed by atoms with Crippen molar-refractivity contribution >= 4 is 56.5 Å². The highest BCUT2D eigenvalue weighted by atomic mass is 35.5. The van der Waals surface area contributed by atoms with Gasteiger partial charge in [-0.1, -0.05) is 53.5 Å². The number of carbonyl (C=O) groups is 1. The molecule has 8 heteroatoms. The van der Waals surface area contributed by atoms with E-state index in [1.54, 1.807) is 29.5 Å². The van der Waals surface area contributed by atoms with Crippen molar-refractivity contribution in [3.63, 3.8) is 0 Å². The highest BCUT2D eigenvalue weighted by Gasteiger charge is 2.26. The van der Waals surface area contributed by atoms with Crippen molar-refractivity contribution in [2.45, 2.75) is 20.3 Å². The number of halogens is 2. The molecule has 5 nitrogen and oxygen atoms in total. The van der Waals surface area contributed by atoms with E-state index in [2.05, 4.69) is 30.9 Å². The van der Waals surface area contributed by atoms with Gasteiger partial charge >= 0.3 is 0 Å². The summed E-state index contributed by atoms with van der Waals surface area (Å²) in [5.41, 5.74) is 2.98. The van der Waals surface area contributed by atoms with Gasteiger partial charge in [-0.25, -0.2) is 9.97 Å². The Balaban J connectivity index is 1.40. The molecule has 0 spiro atoms. The average Bonchev–Trinajstić information content (AvgIpc) is 3.14. The smallest absolute Gasteiger partial charge is 0.254 e. The maximum atomic E-state index is 13.0. The number of anilines is 1. The van der Waals surface area contributed by atoms with E-state index in [0.717, 1.165) is 21.9 Å². The summed E-state index contributed by atoms with van der Waals surface area (Å²) < 4.78 is 0. The Kier molecular flexibility index (Phi) is 6.47. The average molecular weight is 511 g/mol. The lowest BCUT2D eigenvalue weighted by molar-refractivity contribution is 0.0746. The van der Waals surface area contributed by atoms with Crippen molar-refractivity contribution in [1.29, 1.82) is 0 Å². The molecular formula is C26H24Cl2N4OS. The van der Waals surface area contributed by atoms with Crippen LogP contribution in [0.3, 0.4) is 0 Å². The van der Waals surface area contributed by atoms with Gasteiger partial charge in [-0.05, 0) is 43.2 Å². The fourth-order valence-corrected chi connectivity index (χ4v) is 5.63. The molecule has 0 radical (unpaired) electrons. The number of aryl methyl sites for hydroxylation is 2. The van der Waals surface area contributed by atoms with Crippen LogP contribution in [0.25, 0.3) is 10.2 Å². The number of piperazine rings is 1. The van der Waals surface area contributed by atoms with E-state index in [4.69, 9.17) is 33.2 Å². The molecule has 0 unspecified atom stereocenters. The summed E-state index contributed by atoms with van der Waals surface area (Å²) in [7, 11) is 0. The molecule has 0 bridgehead atoms. The third-order valence-electron chi connectivity index (χ3n) is 6.29. The molecule has 174 valence electrons. The van der Waals surface area contributed by atoms with Crippen LogP contribution >= 0.6 is 34.5 Å². The van der Waals surface area contributed by atoms with Crippen LogP contribution in [0.2, 0.25) is 10.0 Å². The SMILES string of the molecule is Cc1sc2nc(Cc3ccccc3)nc(N3CCN(C(=O)c4ccc(Cl)c(Cl)c4)CC3)c2c1C. The van der Waals surface area contributed by atoms with Gasteiger partial charge in [-0.3, -0.25) is 4.79 Å². The second-order valence-corrected chi connectivity index (χ2v) is 10.5. The zero-order valence-corrected chi connectivity index (χ0v) is 21.3. The minimum atomic E-state index is -0.0293. The quantitative estimate of drug-likeness (QED) is 0.329. The maximum Gasteiger partial charge on any atom is 0.254 e. The lowest BCUT2D eigenvalue weighted by atomic mass is 10.1. The highest BCUT2D eigenvalue weighted by Crippen LogP contribution is 2.36. The second kappa shape index (κ2) is 9.53. The van der Waals surface area contributed by atoms with Gasteiger partial charge in [-0.15, -0.1) is 11.3 Å². The summed E-state index contributed by atoms with van der Waals surface area (Å²) in [5.74, 6) is 1.77. The Morgan fingerprint density at radius 2 is 1.71 bits per heavy atom. The van der Waals surface area contributed by atoms with Gasteiger partial charge in [0.25, 0.3) is 5.91 Å². The molecule has 3 heterocycles. The number of hydrogen-bond acceptors (Lipinski definition) is 5. The third kappa shape index (κ3) is 4.50. The predicted molar refractivity (Wildman–Crippen MR) is 141 cm³/mol. The zero-order chi connectivity index (χ0) is 23.8. The summed E-state index contributed by atoms with van der Waals surface area (Å²) in [6, 6.07) is 15.3. The molecule has 1 fully saturated rings. The minimum Gasteiger partial charge on any atom is -0.352 e. The molecule has 0 saturated carbocycles. The van der Waals surface area contributed by atoms with Gasteiger partial charge in [-0.2, -0.15) is 0 Å². The zero-order valence-electron chi connectivity index (χ0n) is 19.0. The van der Waals surface area contributed by atoms with Crippen LogP contribution in [0.5, 0.6) is 0 Å². The molecule has 4 aromatic rings. The molecule has 1 aliphatic heterocycles. The first-order chi connectivity index (χ1) is 16.4. The molecule has 2 aromatic heterocycles. The Hall–Kier alpha value is -2.67. The van der Waals surface area contributed by atoms with Crippen LogP contribution < -0.4 is 4.90 Å². The van der Waals surface area contributed by atoms with Crippen LogP contribution in [0.4, 0.5) is 5.82 Å². The van der Waals surface area contributed by atoms with Crippen LogP contribution in [0, 0.1) is 13.8 Å². The summed E-state index contributed by atoms with van der Waals surface area (Å²) in [6.07, 6.45) is 0.690. The van der Waals surface area contributed by atoms with E-state index >= 15 is 0 Å². The fraction of sp³-hybridized carbons (Fsp3) is 0.269. The molecule has 2 aromatic carbocycles. The van der Waals surface area contributed by atoms with Gasteiger partial charge < -0.3 is 9.80 Å². The number of carbonyl (C=O) groups excluding carboxylic acids is 1. The highest BCUT2D eigenvalue weighted by molar-refractivity contribution is 7.18. The van der Waals surface area contributed by atoms with Crippen LogP contribution in [-0.4, -0.2) is 47.0 Å². The van der Waals surface area contributed by atoms with Crippen LogP contribution in [0.1, 0.15) is 32.2 Å². The molecular weight excluding hydrogens is 487 g/mol. The number of aromatic nitrogens is 2. The molecule has 0 N–H and O–H groups in total. The van der Waals surface area contributed by atoms with Crippen LogP contribution in [-0.2, 0) is 6.42 Å². The standard InChI is InChI=1S/C26H24Cl2N4OS/c1-16-17(2)34-25-23(16)24(29-22(30-25)14-18-6-4-3-5-7-18)31-10-12-32(13-11-31)26(33)19-8-9-20(27)21(28)15-19/h3-9,15H,10-14H2,1-2H3. The normalized spacial score (nSPS) is 14.1. The number of rotatable bonds is 4. The summed E-state index contributed by atoms with van der Waals surface area (Å²) in [5, 5.41) is 1.97. The van der Waals surface area contributed by atoms with Gasteiger partial charge in [0, 0.05) is 43.0 Å². The first-order valence-corrected chi connectivity index (χ1v) is 12.8. The molecule has 5 rings (SSSR count). The van der Waals surface area contributed by atoms with Crippen molar-refractivity contribution in [1.82, 2.24) is 14.9 Å². The van der Waals surface area contributed by atoms with E-state index in [1.807, 2.05) is 23.1 Å². The lowest BCUT2D eigenvalue weighted by Crippen LogP contribution is -2.49. The van der Waals surface area contributed by atoms with Crippen molar-refractivity contribution in [3.8, 4) is 0 Å². The first-order valence-electron chi connectivity index (χ1n) is 11.2. The minimum absolute atomic E-state index is 0.0293.